The number of aliphatic carboxylic acids is 1. The van der Waals surface area contributed by atoms with Gasteiger partial charge in [-0.15, -0.1) is 0 Å². The highest BCUT2D eigenvalue weighted by molar-refractivity contribution is 5.93. The lowest BCUT2D eigenvalue weighted by Gasteiger charge is -2.30. The first-order valence-electron chi connectivity index (χ1n) is 7.73. The molecule has 0 saturated carbocycles. The maximum atomic E-state index is 13.3. The van der Waals surface area contributed by atoms with Gasteiger partial charge < -0.3 is 10.4 Å². The van der Waals surface area contributed by atoms with Crippen molar-refractivity contribution in [2.24, 2.45) is 23.2 Å². The minimum atomic E-state index is -4.89. The number of carbonyl (C=O) groups excluding carboxylic acids is 2. The summed E-state index contributed by atoms with van der Waals surface area (Å²) in [7, 11) is 0. The molecule has 24 heavy (non-hydrogen) atoms. The fourth-order valence-corrected chi connectivity index (χ4v) is 2.27. The molecule has 140 valence electrons. The number of carbonyl (C=O) groups is 3. The smallest absolute Gasteiger partial charge is 0.399 e. The third kappa shape index (κ3) is 6.49. The molecule has 1 amide bonds. The average molecular weight is 353 g/mol. The molecule has 0 bridgehead atoms. The maximum absolute atomic E-state index is 13.3. The van der Waals surface area contributed by atoms with Crippen molar-refractivity contribution in [2.75, 3.05) is 0 Å². The highest BCUT2D eigenvalue weighted by atomic mass is 19.4. The Morgan fingerprint density at radius 2 is 1.50 bits per heavy atom. The third-order valence-corrected chi connectivity index (χ3v) is 3.61. The van der Waals surface area contributed by atoms with Crippen molar-refractivity contribution in [1.29, 1.82) is 0 Å². The van der Waals surface area contributed by atoms with Gasteiger partial charge in [0.1, 0.15) is 12.0 Å². The summed E-state index contributed by atoms with van der Waals surface area (Å²) in [4.78, 5) is 35.4. The molecule has 0 heterocycles. The first-order chi connectivity index (χ1) is 10.6. The van der Waals surface area contributed by atoms with E-state index in [0.717, 1.165) is 6.92 Å². The van der Waals surface area contributed by atoms with Gasteiger partial charge in [-0.1, -0.05) is 41.5 Å². The molecule has 8 heteroatoms. The van der Waals surface area contributed by atoms with Crippen molar-refractivity contribution in [3.05, 3.63) is 0 Å². The molecule has 0 aliphatic carbocycles. The topological polar surface area (TPSA) is 83.5 Å². The lowest BCUT2D eigenvalue weighted by molar-refractivity contribution is -0.197. The number of Topliss-reactive ketones (excluding diaryl/α,β-unsaturated/α-hetero) is 1. The molecule has 0 saturated heterocycles. The van der Waals surface area contributed by atoms with Gasteiger partial charge in [-0.2, -0.15) is 13.2 Å². The fourth-order valence-electron chi connectivity index (χ4n) is 2.27. The molecule has 0 fully saturated rings. The molecular weight excluding hydrogens is 327 g/mol. The molecule has 0 rings (SSSR count). The normalized spacial score (nSPS) is 16.4. The monoisotopic (exact) mass is 353 g/mol. The molecule has 0 aliphatic rings. The molecule has 0 spiro atoms. The Hall–Kier alpha value is -1.60. The van der Waals surface area contributed by atoms with Gasteiger partial charge in [0.05, 0.1) is 5.92 Å². The summed E-state index contributed by atoms with van der Waals surface area (Å²) in [5, 5.41) is 11.2. The van der Waals surface area contributed by atoms with E-state index in [1.165, 1.54) is 20.8 Å². The van der Waals surface area contributed by atoms with Crippen LogP contribution >= 0.6 is 0 Å². The Morgan fingerprint density at radius 1 is 1.04 bits per heavy atom. The lowest BCUT2D eigenvalue weighted by Crippen LogP contribution is -2.50. The van der Waals surface area contributed by atoms with E-state index in [1.807, 2.05) is 0 Å². The summed E-state index contributed by atoms with van der Waals surface area (Å²) in [6.07, 6.45) is -4.81. The minimum Gasteiger partial charge on any atom is -0.480 e. The zero-order chi connectivity index (χ0) is 19.5. The Bertz CT molecular complexity index is 481. The highest BCUT2D eigenvalue weighted by Gasteiger charge is 2.52. The van der Waals surface area contributed by atoms with Gasteiger partial charge in [-0.3, -0.25) is 9.59 Å². The fraction of sp³-hybridized carbons (Fsp3) is 0.812. The summed E-state index contributed by atoms with van der Waals surface area (Å²) >= 11 is 0. The van der Waals surface area contributed by atoms with Crippen LogP contribution < -0.4 is 5.32 Å². The van der Waals surface area contributed by atoms with Crippen molar-refractivity contribution in [2.45, 2.75) is 60.2 Å². The molecule has 3 unspecified atom stereocenters. The first kappa shape index (κ1) is 22.4. The average Bonchev–Trinajstić information content (AvgIpc) is 2.34. The SMILES string of the molecule is CC(C)CC(NC(=O)C(C)C(C(=O)C(C)(C)C)C(F)(F)F)C(=O)O. The summed E-state index contributed by atoms with van der Waals surface area (Å²) in [6, 6.07) is -1.29. The van der Waals surface area contributed by atoms with Crippen LogP contribution in [0.4, 0.5) is 13.2 Å². The third-order valence-electron chi connectivity index (χ3n) is 3.61. The molecule has 0 aromatic carbocycles. The summed E-state index contributed by atoms with van der Waals surface area (Å²) < 4.78 is 39.9. The van der Waals surface area contributed by atoms with E-state index in [4.69, 9.17) is 5.11 Å². The predicted octanol–water partition coefficient (Wildman–Crippen LogP) is 3.03. The van der Waals surface area contributed by atoms with Gasteiger partial charge in [-0.25, -0.2) is 4.79 Å². The van der Waals surface area contributed by atoms with Crippen molar-refractivity contribution >= 4 is 17.7 Å². The number of nitrogens with one attached hydrogen (secondary N) is 1. The molecule has 0 aromatic rings. The van der Waals surface area contributed by atoms with Gasteiger partial charge in [-0.05, 0) is 12.3 Å². The molecule has 2 N–H and O–H groups in total. The van der Waals surface area contributed by atoms with E-state index < -0.39 is 47.1 Å². The summed E-state index contributed by atoms with van der Waals surface area (Å²) in [5.74, 6) is -7.79. The number of carboxylic acid groups (broad SMARTS) is 1. The second-order valence-electron chi connectivity index (χ2n) is 7.45. The van der Waals surface area contributed by atoms with E-state index in [1.54, 1.807) is 13.8 Å². The van der Waals surface area contributed by atoms with E-state index in [9.17, 15) is 27.6 Å². The number of carboxylic acids is 1. The van der Waals surface area contributed by atoms with Crippen LogP contribution in [0.25, 0.3) is 0 Å². The Morgan fingerprint density at radius 3 is 1.79 bits per heavy atom. The number of alkyl halides is 3. The van der Waals surface area contributed by atoms with E-state index >= 15 is 0 Å². The van der Waals surface area contributed by atoms with Crippen molar-refractivity contribution in [3.8, 4) is 0 Å². The van der Waals surface area contributed by atoms with Crippen LogP contribution in [0.5, 0.6) is 0 Å². The number of hydrogen-bond acceptors (Lipinski definition) is 3. The predicted molar refractivity (Wildman–Crippen MR) is 82.2 cm³/mol. The molecule has 0 radical (unpaired) electrons. The molecule has 5 nitrogen and oxygen atoms in total. The highest BCUT2D eigenvalue weighted by Crippen LogP contribution is 2.37. The molecule has 0 aliphatic heterocycles. The van der Waals surface area contributed by atoms with E-state index in [2.05, 4.69) is 5.32 Å². The summed E-state index contributed by atoms with van der Waals surface area (Å²) in [5.41, 5.74) is -1.28. The Labute approximate surface area is 140 Å². The zero-order valence-electron chi connectivity index (χ0n) is 14.8. The second kappa shape index (κ2) is 7.98. The van der Waals surface area contributed by atoms with E-state index in [0.29, 0.717) is 0 Å². The Balaban J connectivity index is 5.43. The second-order valence-corrected chi connectivity index (χ2v) is 7.45. The van der Waals surface area contributed by atoms with Crippen LogP contribution in [0, 0.1) is 23.2 Å². The number of rotatable bonds is 7. The zero-order valence-corrected chi connectivity index (χ0v) is 14.8. The molecular formula is C16H26F3NO4. The van der Waals surface area contributed by atoms with Gasteiger partial charge in [0, 0.05) is 5.41 Å². The number of halogens is 3. The van der Waals surface area contributed by atoms with Crippen LogP contribution in [0.2, 0.25) is 0 Å². The quantitative estimate of drug-likeness (QED) is 0.737. The van der Waals surface area contributed by atoms with Crippen LogP contribution in [0.15, 0.2) is 0 Å². The van der Waals surface area contributed by atoms with Gasteiger partial charge in [0.15, 0.2) is 5.78 Å². The number of amides is 1. The number of ketones is 1. The van der Waals surface area contributed by atoms with Crippen molar-refractivity contribution < 1.29 is 32.7 Å². The molecule has 0 aromatic heterocycles. The van der Waals surface area contributed by atoms with E-state index in [-0.39, 0.29) is 12.3 Å². The maximum Gasteiger partial charge on any atom is 0.399 e. The van der Waals surface area contributed by atoms with Crippen LogP contribution in [0.1, 0.15) is 48.0 Å². The van der Waals surface area contributed by atoms with Crippen molar-refractivity contribution in [3.63, 3.8) is 0 Å². The summed E-state index contributed by atoms with van der Waals surface area (Å²) in [6.45, 7) is 8.48. The van der Waals surface area contributed by atoms with Crippen LogP contribution in [-0.4, -0.2) is 35.0 Å². The largest absolute Gasteiger partial charge is 0.480 e. The van der Waals surface area contributed by atoms with Crippen LogP contribution in [0.3, 0.4) is 0 Å². The van der Waals surface area contributed by atoms with Gasteiger partial charge >= 0.3 is 12.1 Å². The standard InChI is InChI=1S/C16H26F3NO4/c1-8(2)7-10(14(23)24)20-13(22)9(3)11(16(17,18)19)12(21)15(4,5)6/h8-11H,7H2,1-6H3,(H,20,22)(H,23,24). The van der Waals surface area contributed by atoms with Crippen LogP contribution in [-0.2, 0) is 14.4 Å². The number of hydrogen-bond donors (Lipinski definition) is 2. The van der Waals surface area contributed by atoms with Gasteiger partial charge in [0.25, 0.3) is 0 Å². The minimum absolute atomic E-state index is 0.0728. The Kier molecular flexibility index (Phi) is 7.45. The first-order valence-corrected chi connectivity index (χ1v) is 7.73. The lowest BCUT2D eigenvalue weighted by atomic mass is 9.77. The van der Waals surface area contributed by atoms with Gasteiger partial charge in [0.2, 0.25) is 5.91 Å². The molecule has 3 atom stereocenters. The van der Waals surface area contributed by atoms with Crippen molar-refractivity contribution in [1.82, 2.24) is 5.32 Å².